The summed E-state index contributed by atoms with van der Waals surface area (Å²) in [6.07, 6.45) is 1.84. The van der Waals surface area contributed by atoms with Gasteiger partial charge in [0, 0.05) is 11.6 Å². The number of nitrogens with zero attached hydrogens (tertiary/aromatic N) is 2. The molecule has 0 fully saturated rings. The van der Waals surface area contributed by atoms with E-state index in [1.54, 1.807) is 0 Å². The fourth-order valence-electron chi connectivity index (χ4n) is 2.73. The molecule has 3 aromatic rings. The van der Waals surface area contributed by atoms with Gasteiger partial charge >= 0.3 is 0 Å². The molecule has 0 aliphatic heterocycles. The molecule has 0 saturated heterocycles. The maximum absolute atomic E-state index is 12.1. The first-order chi connectivity index (χ1) is 13.1. The summed E-state index contributed by atoms with van der Waals surface area (Å²) in [5.74, 6) is 0.703. The molecular weight excluding hydrogens is 358 g/mol. The summed E-state index contributed by atoms with van der Waals surface area (Å²) in [6.45, 7) is 4.02. The molecule has 0 aliphatic rings. The minimum absolute atomic E-state index is 0.0313. The summed E-state index contributed by atoms with van der Waals surface area (Å²) in [7, 11) is 0. The maximum Gasteiger partial charge on any atom is 0.277 e. The number of aromatic nitrogens is 2. The van der Waals surface area contributed by atoms with Gasteiger partial charge in [0.1, 0.15) is 0 Å². The van der Waals surface area contributed by atoms with Gasteiger partial charge in [-0.15, -0.1) is 10.2 Å². The molecule has 1 unspecified atom stereocenters. The minimum atomic E-state index is -0.0313. The van der Waals surface area contributed by atoms with Crippen LogP contribution in [0.3, 0.4) is 0 Å². The van der Waals surface area contributed by atoms with Crippen LogP contribution in [0.2, 0.25) is 0 Å². The molecule has 6 heteroatoms. The van der Waals surface area contributed by atoms with Crippen LogP contribution in [0.5, 0.6) is 0 Å². The number of benzene rings is 2. The van der Waals surface area contributed by atoms with Crippen LogP contribution in [0.25, 0.3) is 11.5 Å². The standard InChI is InChI=1S/C21H23N3O2S/c1-15-8-6-7-11-18(15)20-23-24-21(26-20)27-14-19(25)22-16(2)12-13-17-9-4-3-5-10-17/h3-11,16H,12-14H2,1-2H3,(H,22,25). The summed E-state index contributed by atoms with van der Waals surface area (Å²) in [5.41, 5.74) is 3.26. The van der Waals surface area contributed by atoms with Crippen LogP contribution >= 0.6 is 11.8 Å². The van der Waals surface area contributed by atoms with Crippen molar-refractivity contribution in [1.82, 2.24) is 15.5 Å². The number of carbonyl (C=O) groups is 1. The number of amides is 1. The molecule has 5 nitrogen and oxygen atoms in total. The molecule has 1 amide bonds. The van der Waals surface area contributed by atoms with E-state index in [1.165, 1.54) is 17.3 Å². The molecule has 1 atom stereocenters. The summed E-state index contributed by atoms with van der Waals surface area (Å²) in [6, 6.07) is 18.2. The third kappa shape index (κ3) is 5.69. The maximum atomic E-state index is 12.1. The van der Waals surface area contributed by atoms with Gasteiger partial charge in [0.05, 0.1) is 5.75 Å². The number of hydrogen-bond donors (Lipinski definition) is 1. The fourth-order valence-corrected chi connectivity index (χ4v) is 3.31. The van der Waals surface area contributed by atoms with Gasteiger partial charge in [0.25, 0.3) is 5.22 Å². The van der Waals surface area contributed by atoms with Gasteiger partial charge in [0.15, 0.2) is 0 Å². The van der Waals surface area contributed by atoms with Crippen molar-refractivity contribution in [3.05, 3.63) is 65.7 Å². The van der Waals surface area contributed by atoms with Crippen molar-refractivity contribution in [2.45, 2.75) is 38.0 Å². The Morgan fingerprint density at radius 3 is 2.63 bits per heavy atom. The number of nitrogens with one attached hydrogen (secondary N) is 1. The van der Waals surface area contributed by atoms with Crippen molar-refractivity contribution in [2.75, 3.05) is 5.75 Å². The Bertz CT molecular complexity index is 880. The predicted octanol–water partition coefficient (Wildman–Crippen LogP) is 4.27. The first kappa shape index (κ1) is 19.2. The number of aryl methyl sites for hydroxylation is 2. The van der Waals surface area contributed by atoms with Crippen LogP contribution in [-0.2, 0) is 11.2 Å². The molecule has 0 spiro atoms. The van der Waals surface area contributed by atoms with Gasteiger partial charge < -0.3 is 9.73 Å². The molecule has 27 heavy (non-hydrogen) atoms. The molecular formula is C21H23N3O2S. The van der Waals surface area contributed by atoms with E-state index in [9.17, 15) is 4.79 Å². The van der Waals surface area contributed by atoms with E-state index in [-0.39, 0.29) is 17.7 Å². The van der Waals surface area contributed by atoms with E-state index < -0.39 is 0 Å². The van der Waals surface area contributed by atoms with Crippen LogP contribution in [0.15, 0.2) is 64.2 Å². The third-order valence-corrected chi connectivity index (χ3v) is 5.04. The van der Waals surface area contributed by atoms with Crippen molar-refractivity contribution in [1.29, 1.82) is 0 Å². The van der Waals surface area contributed by atoms with Gasteiger partial charge in [-0.25, -0.2) is 0 Å². The van der Waals surface area contributed by atoms with E-state index in [1.807, 2.05) is 56.3 Å². The highest BCUT2D eigenvalue weighted by Gasteiger charge is 2.13. The van der Waals surface area contributed by atoms with Crippen molar-refractivity contribution in [3.63, 3.8) is 0 Å². The SMILES string of the molecule is Cc1ccccc1-c1nnc(SCC(=O)NC(C)CCc2ccccc2)o1. The molecule has 2 aromatic carbocycles. The zero-order valence-electron chi connectivity index (χ0n) is 15.5. The van der Waals surface area contributed by atoms with Crippen molar-refractivity contribution >= 4 is 17.7 Å². The largest absolute Gasteiger partial charge is 0.411 e. The number of hydrogen-bond acceptors (Lipinski definition) is 5. The Morgan fingerprint density at radius 1 is 1.11 bits per heavy atom. The minimum Gasteiger partial charge on any atom is -0.411 e. The van der Waals surface area contributed by atoms with Gasteiger partial charge in [0.2, 0.25) is 11.8 Å². The number of thioether (sulfide) groups is 1. The van der Waals surface area contributed by atoms with Crippen LogP contribution in [0.4, 0.5) is 0 Å². The molecule has 3 rings (SSSR count). The van der Waals surface area contributed by atoms with E-state index in [0.29, 0.717) is 11.1 Å². The molecule has 1 N–H and O–H groups in total. The lowest BCUT2D eigenvalue weighted by Crippen LogP contribution is -2.34. The second-order valence-corrected chi connectivity index (χ2v) is 7.40. The molecule has 0 aliphatic carbocycles. The molecule has 0 radical (unpaired) electrons. The fraction of sp³-hybridized carbons (Fsp3) is 0.286. The van der Waals surface area contributed by atoms with Crippen LogP contribution in [-0.4, -0.2) is 27.9 Å². The topological polar surface area (TPSA) is 68.0 Å². The molecule has 1 aromatic heterocycles. The average molecular weight is 382 g/mol. The summed E-state index contributed by atoms with van der Waals surface area (Å²) in [4.78, 5) is 12.1. The smallest absolute Gasteiger partial charge is 0.277 e. The normalized spacial score (nSPS) is 11.9. The van der Waals surface area contributed by atoms with Crippen molar-refractivity contribution < 1.29 is 9.21 Å². The van der Waals surface area contributed by atoms with Gasteiger partial charge in [-0.05, 0) is 43.9 Å². The van der Waals surface area contributed by atoms with E-state index in [0.717, 1.165) is 24.0 Å². The number of rotatable bonds is 8. The monoisotopic (exact) mass is 381 g/mol. The zero-order valence-corrected chi connectivity index (χ0v) is 16.3. The van der Waals surface area contributed by atoms with Gasteiger partial charge in [-0.2, -0.15) is 0 Å². The second-order valence-electron chi connectivity index (χ2n) is 6.47. The van der Waals surface area contributed by atoms with E-state index in [2.05, 4.69) is 27.6 Å². The van der Waals surface area contributed by atoms with Crippen LogP contribution < -0.4 is 5.32 Å². The van der Waals surface area contributed by atoms with Crippen LogP contribution in [0, 0.1) is 6.92 Å². The second kappa shape index (κ2) is 9.37. The number of carbonyl (C=O) groups excluding carboxylic acids is 1. The summed E-state index contributed by atoms with van der Waals surface area (Å²) < 4.78 is 5.67. The van der Waals surface area contributed by atoms with E-state index in [4.69, 9.17) is 4.42 Å². The average Bonchev–Trinajstić information content (AvgIpc) is 3.15. The Labute approximate surface area is 163 Å². The first-order valence-corrected chi connectivity index (χ1v) is 9.96. The van der Waals surface area contributed by atoms with Crippen LogP contribution in [0.1, 0.15) is 24.5 Å². The Hall–Kier alpha value is -2.60. The first-order valence-electron chi connectivity index (χ1n) is 8.97. The third-order valence-electron chi connectivity index (χ3n) is 4.22. The highest BCUT2D eigenvalue weighted by molar-refractivity contribution is 7.99. The molecule has 0 bridgehead atoms. The van der Waals surface area contributed by atoms with Crippen molar-refractivity contribution in [3.8, 4) is 11.5 Å². The lowest BCUT2D eigenvalue weighted by Gasteiger charge is -2.13. The predicted molar refractivity (Wildman–Crippen MR) is 108 cm³/mol. The van der Waals surface area contributed by atoms with Gasteiger partial charge in [-0.1, -0.05) is 60.3 Å². The Kier molecular flexibility index (Phi) is 6.65. The zero-order chi connectivity index (χ0) is 19.1. The van der Waals surface area contributed by atoms with E-state index >= 15 is 0 Å². The lowest BCUT2D eigenvalue weighted by atomic mass is 10.1. The highest BCUT2D eigenvalue weighted by atomic mass is 32.2. The van der Waals surface area contributed by atoms with Gasteiger partial charge in [-0.3, -0.25) is 4.79 Å². The molecule has 140 valence electrons. The lowest BCUT2D eigenvalue weighted by molar-refractivity contribution is -0.119. The molecule has 1 heterocycles. The van der Waals surface area contributed by atoms with Crippen molar-refractivity contribution in [2.24, 2.45) is 0 Å². The quantitative estimate of drug-likeness (QED) is 0.590. The Balaban J connectivity index is 1.45. The highest BCUT2D eigenvalue weighted by Crippen LogP contribution is 2.25. The molecule has 0 saturated carbocycles. The summed E-state index contributed by atoms with van der Waals surface area (Å²) >= 11 is 1.25. The summed E-state index contributed by atoms with van der Waals surface area (Å²) in [5, 5.41) is 11.5. The Morgan fingerprint density at radius 2 is 1.85 bits per heavy atom.